The number of benzene rings is 3. The lowest BCUT2D eigenvalue weighted by Gasteiger charge is -2.29. The lowest BCUT2D eigenvalue weighted by atomic mass is 10.1. The smallest absolute Gasteiger partial charge is 0.339 e. The van der Waals surface area contributed by atoms with E-state index < -0.39 is 15.9 Å². The first kappa shape index (κ1) is 23.8. The molecule has 0 fully saturated rings. The first-order valence-electron chi connectivity index (χ1n) is 10.0. The van der Waals surface area contributed by atoms with Gasteiger partial charge >= 0.3 is 10.1 Å². The number of rotatable bonds is 8. The molecule has 1 unspecified atom stereocenters. The Balaban J connectivity index is 1.75. The fraction of sp³-hybridized carbons (Fsp3) is 0.208. The summed E-state index contributed by atoms with van der Waals surface area (Å²) >= 11 is 5.93. The highest BCUT2D eigenvalue weighted by molar-refractivity contribution is 7.87. The van der Waals surface area contributed by atoms with Crippen molar-refractivity contribution in [2.45, 2.75) is 37.8 Å². The van der Waals surface area contributed by atoms with Crippen LogP contribution in [0.4, 0.5) is 4.39 Å². The van der Waals surface area contributed by atoms with Gasteiger partial charge in [-0.2, -0.15) is 8.42 Å². The van der Waals surface area contributed by atoms with E-state index in [4.69, 9.17) is 15.8 Å². The zero-order chi connectivity index (χ0) is 23.3. The molecule has 3 aromatic carbocycles. The van der Waals surface area contributed by atoms with E-state index in [1.165, 1.54) is 12.1 Å². The molecule has 0 aliphatic carbocycles. The minimum atomic E-state index is -4.08. The Morgan fingerprint density at radius 2 is 1.59 bits per heavy atom. The molecule has 0 heterocycles. The second-order valence-electron chi connectivity index (χ2n) is 7.33. The van der Waals surface area contributed by atoms with Crippen LogP contribution in [-0.4, -0.2) is 25.3 Å². The predicted molar refractivity (Wildman–Crippen MR) is 122 cm³/mol. The molecule has 32 heavy (non-hydrogen) atoms. The Kier molecular flexibility index (Phi) is 7.53. The molecule has 3 aromatic rings. The van der Waals surface area contributed by atoms with Crippen LogP contribution in [0.5, 0.6) is 5.75 Å². The Bertz CT molecular complexity index is 1160. The van der Waals surface area contributed by atoms with E-state index in [0.29, 0.717) is 17.1 Å². The van der Waals surface area contributed by atoms with Crippen LogP contribution in [0, 0.1) is 5.82 Å². The van der Waals surface area contributed by atoms with Crippen LogP contribution in [0.15, 0.2) is 77.7 Å². The standard InChI is InChI=1S/C24H23ClFNO4S/c1-3-17(2)27(24(28)19-6-8-20(25)9-7-19)16-18-4-12-22(13-5-18)31-32(29,30)23-14-10-21(26)11-15-23/h4-15,17H,3,16H2,1-2H3. The van der Waals surface area contributed by atoms with Crippen molar-refractivity contribution >= 4 is 27.6 Å². The summed E-state index contributed by atoms with van der Waals surface area (Å²) in [6, 6.07) is 17.6. The third-order valence-corrected chi connectivity index (χ3v) is 6.57. The quantitative estimate of drug-likeness (QED) is 0.393. The summed E-state index contributed by atoms with van der Waals surface area (Å²) in [5, 5.41) is 0.558. The molecule has 0 aliphatic heterocycles. The number of hydrogen-bond donors (Lipinski definition) is 0. The van der Waals surface area contributed by atoms with Gasteiger partial charge in [0, 0.05) is 23.2 Å². The van der Waals surface area contributed by atoms with Crippen molar-refractivity contribution < 1.29 is 21.8 Å². The largest absolute Gasteiger partial charge is 0.379 e. The van der Waals surface area contributed by atoms with E-state index >= 15 is 0 Å². The summed E-state index contributed by atoms with van der Waals surface area (Å²) in [5.74, 6) is -0.528. The molecule has 0 bridgehead atoms. The van der Waals surface area contributed by atoms with Crippen LogP contribution >= 0.6 is 11.6 Å². The maximum atomic E-state index is 13.0. The van der Waals surface area contributed by atoms with Gasteiger partial charge in [-0.15, -0.1) is 0 Å². The van der Waals surface area contributed by atoms with E-state index in [-0.39, 0.29) is 22.6 Å². The molecule has 0 radical (unpaired) electrons. The lowest BCUT2D eigenvalue weighted by molar-refractivity contribution is 0.0671. The van der Waals surface area contributed by atoms with E-state index in [9.17, 15) is 17.6 Å². The zero-order valence-electron chi connectivity index (χ0n) is 17.7. The number of carbonyl (C=O) groups is 1. The highest BCUT2D eigenvalue weighted by Crippen LogP contribution is 2.22. The summed E-state index contributed by atoms with van der Waals surface area (Å²) in [4.78, 5) is 14.7. The molecule has 5 nitrogen and oxygen atoms in total. The maximum absolute atomic E-state index is 13.0. The van der Waals surface area contributed by atoms with Gasteiger partial charge in [0.25, 0.3) is 5.91 Å². The lowest BCUT2D eigenvalue weighted by Crippen LogP contribution is -2.37. The van der Waals surface area contributed by atoms with Crippen LogP contribution in [0.2, 0.25) is 5.02 Å². The van der Waals surface area contributed by atoms with Gasteiger partial charge in [-0.05, 0) is 79.6 Å². The summed E-state index contributed by atoms with van der Waals surface area (Å²) in [6.07, 6.45) is 0.774. The van der Waals surface area contributed by atoms with Gasteiger partial charge in [0.05, 0.1) is 0 Å². The highest BCUT2D eigenvalue weighted by Gasteiger charge is 2.21. The number of carbonyl (C=O) groups excluding carboxylic acids is 1. The second-order valence-corrected chi connectivity index (χ2v) is 9.32. The molecule has 1 amide bonds. The molecule has 168 valence electrons. The molecule has 0 saturated heterocycles. The second kappa shape index (κ2) is 10.1. The average molecular weight is 476 g/mol. The molecule has 0 N–H and O–H groups in total. The normalized spacial score (nSPS) is 12.2. The maximum Gasteiger partial charge on any atom is 0.339 e. The van der Waals surface area contributed by atoms with Crippen LogP contribution in [-0.2, 0) is 16.7 Å². The minimum absolute atomic E-state index is 0.00652. The van der Waals surface area contributed by atoms with Crippen LogP contribution in [0.25, 0.3) is 0 Å². The third kappa shape index (κ3) is 5.87. The number of amides is 1. The molecule has 1 atom stereocenters. The van der Waals surface area contributed by atoms with Crippen LogP contribution in [0.1, 0.15) is 36.2 Å². The third-order valence-electron chi connectivity index (χ3n) is 5.06. The number of halogens is 2. The molecule has 0 aliphatic rings. The molecule has 0 spiro atoms. The first-order chi connectivity index (χ1) is 15.2. The predicted octanol–water partition coefficient (Wildman–Crippen LogP) is 5.69. The molecular weight excluding hydrogens is 453 g/mol. The van der Waals surface area contributed by atoms with Gasteiger partial charge in [-0.25, -0.2) is 4.39 Å². The first-order valence-corrected chi connectivity index (χ1v) is 11.8. The monoisotopic (exact) mass is 475 g/mol. The number of hydrogen-bond acceptors (Lipinski definition) is 4. The van der Waals surface area contributed by atoms with Gasteiger partial charge < -0.3 is 9.08 Å². The summed E-state index contributed by atoms with van der Waals surface area (Å²) in [7, 11) is -4.08. The Hall–Kier alpha value is -2.90. The van der Waals surface area contributed by atoms with Crippen molar-refractivity contribution in [3.63, 3.8) is 0 Å². The molecule has 8 heteroatoms. The van der Waals surface area contributed by atoms with Gasteiger partial charge in [-0.1, -0.05) is 30.7 Å². The van der Waals surface area contributed by atoms with Crippen molar-refractivity contribution in [3.05, 3.63) is 94.8 Å². The van der Waals surface area contributed by atoms with Crippen molar-refractivity contribution in [2.75, 3.05) is 0 Å². The van der Waals surface area contributed by atoms with Gasteiger partial charge in [0.1, 0.15) is 16.5 Å². The van der Waals surface area contributed by atoms with Gasteiger partial charge in [-0.3, -0.25) is 4.79 Å². The molecule has 0 saturated carbocycles. The van der Waals surface area contributed by atoms with Crippen molar-refractivity contribution in [1.82, 2.24) is 4.90 Å². The van der Waals surface area contributed by atoms with E-state index in [0.717, 1.165) is 36.2 Å². The van der Waals surface area contributed by atoms with Gasteiger partial charge in [0.15, 0.2) is 0 Å². The Morgan fingerprint density at radius 1 is 1.00 bits per heavy atom. The zero-order valence-corrected chi connectivity index (χ0v) is 19.2. The topological polar surface area (TPSA) is 63.7 Å². The molecular formula is C24H23ClFNO4S. The highest BCUT2D eigenvalue weighted by atomic mass is 35.5. The number of nitrogens with zero attached hydrogens (tertiary/aromatic N) is 1. The van der Waals surface area contributed by atoms with Crippen LogP contribution in [0.3, 0.4) is 0 Å². The van der Waals surface area contributed by atoms with E-state index in [1.54, 1.807) is 41.3 Å². The fourth-order valence-corrected chi connectivity index (χ4v) is 4.09. The average Bonchev–Trinajstić information content (AvgIpc) is 2.78. The van der Waals surface area contributed by atoms with Crippen molar-refractivity contribution in [3.8, 4) is 5.75 Å². The summed E-state index contributed by atoms with van der Waals surface area (Å²) < 4.78 is 42.9. The summed E-state index contributed by atoms with van der Waals surface area (Å²) in [6.45, 7) is 4.33. The van der Waals surface area contributed by atoms with Crippen LogP contribution < -0.4 is 4.18 Å². The molecule has 0 aromatic heterocycles. The Morgan fingerprint density at radius 3 is 2.16 bits per heavy atom. The summed E-state index contributed by atoms with van der Waals surface area (Å²) in [5.41, 5.74) is 1.36. The van der Waals surface area contributed by atoms with Crippen molar-refractivity contribution in [1.29, 1.82) is 0 Å². The SMILES string of the molecule is CCC(C)N(Cc1ccc(OS(=O)(=O)c2ccc(F)cc2)cc1)C(=O)c1ccc(Cl)cc1. The van der Waals surface area contributed by atoms with Gasteiger partial charge in [0.2, 0.25) is 0 Å². The van der Waals surface area contributed by atoms with E-state index in [1.807, 2.05) is 13.8 Å². The van der Waals surface area contributed by atoms with Crippen molar-refractivity contribution in [2.24, 2.45) is 0 Å². The van der Waals surface area contributed by atoms with E-state index in [2.05, 4.69) is 0 Å². The minimum Gasteiger partial charge on any atom is -0.379 e. The fourth-order valence-electron chi connectivity index (χ4n) is 3.03. The Labute approximate surface area is 192 Å². The molecule has 3 rings (SSSR count).